The number of carboxylic acids is 1. The smallest absolute Gasteiger partial charge is 0.320 e. The maximum absolute atomic E-state index is 11.3. The van der Waals surface area contributed by atoms with Crippen molar-refractivity contribution in [3.05, 3.63) is 65.2 Å². The van der Waals surface area contributed by atoms with Gasteiger partial charge in [-0.25, -0.2) is 0 Å². The van der Waals surface area contributed by atoms with Crippen molar-refractivity contribution in [3.63, 3.8) is 0 Å². The molecule has 2 aromatic rings. The van der Waals surface area contributed by atoms with Gasteiger partial charge in [0.15, 0.2) is 0 Å². The molecule has 0 amide bonds. The zero-order valence-corrected chi connectivity index (χ0v) is 15.1. The average Bonchev–Trinajstić information content (AvgIpc) is 2.65. The number of hydrogen-bond acceptors (Lipinski definition) is 3. The fourth-order valence-corrected chi connectivity index (χ4v) is 4.85. The van der Waals surface area contributed by atoms with Gasteiger partial charge in [0.2, 0.25) is 0 Å². The molecule has 2 aromatic carbocycles. The predicted molar refractivity (Wildman–Crippen MR) is 101 cm³/mol. The molecule has 0 saturated carbocycles. The van der Waals surface area contributed by atoms with Gasteiger partial charge in [-0.1, -0.05) is 53.7 Å². The summed E-state index contributed by atoms with van der Waals surface area (Å²) < 4.78 is 0. The molecule has 1 atom stereocenters. The second kappa shape index (κ2) is 6.70. The highest BCUT2D eigenvalue weighted by Gasteiger charge is 2.28. The SMILES string of the molecule is CC(C(=O)O)N1CCC(=C2c3ccccc3Sc3ccccc32)CC1. The highest BCUT2D eigenvalue weighted by molar-refractivity contribution is 7.99. The van der Waals surface area contributed by atoms with E-state index in [1.54, 1.807) is 6.92 Å². The van der Waals surface area contributed by atoms with Crippen LogP contribution in [0.25, 0.3) is 5.57 Å². The summed E-state index contributed by atoms with van der Waals surface area (Å²) in [5.74, 6) is -0.735. The van der Waals surface area contributed by atoms with E-state index in [1.807, 2.05) is 11.8 Å². The van der Waals surface area contributed by atoms with Crippen LogP contribution in [0.4, 0.5) is 0 Å². The molecular formula is C21H21NO2S. The number of rotatable bonds is 2. The number of likely N-dealkylation sites (tertiary alicyclic amines) is 1. The number of carbonyl (C=O) groups is 1. The lowest BCUT2D eigenvalue weighted by Crippen LogP contribution is -2.42. The lowest BCUT2D eigenvalue weighted by atomic mass is 9.87. The van der Waals surface area contributed by atoms with Crippen LogP contribution in [0.1, 0.15) is 30.9 Å². The topological polar surface area (TPSA) is 40.5 Å². The first-order valence-electron chi connectivity index (χ1n) is 8.70. The van der Waals surface area contributed by atoms with Gasteiger partial charge in [-0.2, -0.15) is 0 Å². The lowest BCUT2D eigenvalue weighted by molar-refractivity contribution is -0.142. The van der Waals surface area contributed by atoms with Crippen LogP contribution >= 0.6 is 11.8 Å². The second-order valence-corrected chi connectivity index (χ2v) is 7.71. The third-order valence-corrected chi connectivity index (χ3v) is 6.34. The summed E-state index contributed by atoms with van der Waals surface area (Å²) in [5, 5.41) is 9.25. The monoisotopic (exact) mass is 351 g/mol. The first-order valence-corrected chi connectivity index (χ1v) is 9.52. The van der Waals surface area contributed by atoms with Crippen molar-refractivity contribution < 1.29 is 9.90 Å². The highest BCUT2D eigenvalue weighted by Crippen LogP contribution is 2.47. The van der Waals surface area contributed by atoms with Gasteiger partial charge >= 0.3 is 5.97 Å². The van der Waals surface area contributed by atoms with E-state index in [0.717, 1.165) is 25.9 Å². The highest BCUT2D eigenvalue weighted by atomic mass is 32.2. The number of nitrogens with zero attached hydrogens (tertiary/aromatic N) is 1. The zero-order valence-electron chi connectivity index (χ0n) is 14.2. The summed E-state index contributed by atoms with van der Waals surface area (Å²) in [5.41, 5.74) is 5.46. The van der Waals surface area contributed by atoms with Crippen molar-refractivity contribution >= 4 is 23.3 Å². The Balaban J connectivity index is 1.73. The van der Waals surface area contributed by atoms with E-state index in [4.69, 9.17) is 0 Å². The number of hydrogen-bond donors (Lipinski definition) is 1. The molecular weight excluding hydrogens is 330 g/mol. The molecule has 2 aliphatic rings. The first kappa shape index (κ1) is 16.4. The molecule has 2 heterocycles. The van der Waals surface area contributed by atoms with E-state index in [2.05, 4.69) is 53.4 Å². The molecule has 1 N–H and O–H groups in total. The molecule has 1 saturated heterocycles. The van der Waals surface area contributed by atoms with Crippen LogP contribution in [0.15, 0.2) is 63.9 Å². The maximum atomic E-state index is 11.3. The largest absolute Gasteiger partial charge is 0.480 e. The van der Waals surface area contributed by atoms with E-state index in [-0.39, 0.29) is 0 Å². The van der Waals surface area contributed by atoms with Crippen molar-refractivity contribution in [2.75, 3.05) is 13.1 Å². The van der Waals surface area contributed by atoms with Crippen LogP contribution in [0.5, 0.6) is 0 Å². The van der Waals surface area contributed by atoms with Gasteiger partial charge in [-0.05, 0) is 48.6 Å². The molecule has 0 bridgehead atoms. The van der Waals surface area contributed by atoms with Gasteiger partial charge in [-0.15, -0.1) is 0 Å². The summed E-state index contributed by atoms with van der Waals surface area (Å²) in [7, 11) is 0. The van der Waals surface area contributed by atoms with Gasteiger partial charge in [0, 0.05) is 22.9 Å². The van der Waals surface area contributed by atoms with Crippen LogP contribution in [-0.2, 0) is 4.79 Å². The normalized spacial score (nSPS) is 18.4. The minimum absolute atomic E-state index is 0.409. The van der Waals surface area contributed by atoms with E-state index < -0.39 is 12.0 Å². The number of benzene rings is 2. The van der Waals surface area contributed by atoms with Gasteiger partial charge in [0.25, 0.3) is 0 Å². The van der Waals surface area contributed by atoms with E-state index in [9.17, 15) is 9.90 Å². The van der Waals surface area contributed by atoms with E-state index in [1.165, 1.54) is 32.1 Å². The Morgan fingerprint density at radius 2 is 1.52 bits per heavy atom. The summed E-state index contributed by atoms with van der Waals surface area (Å²) in [4.78, 5) is 15.9. The number of aliphatic carboxylic acids is 1. The van der Waals surface area contributed by atoms with Crippen LogP contribution in [0, 0.1) is 0 Å². The van der Waals surface area contributed by atoms with Crippen LogP contribution in [0.3, 0.4) is 0 Å². The predicted octanol–water partition coefficient (Wildman–Crippen LogP) is 4.52. The van der Waals surface area contributed by atoms with Crippen molar-refractivity contribution in [2.45, 2.75) is 35.6 Å². The Morgan fingerprint density at radius 1 is 1.00 bits per heavy atom. The number of fused-ring (bicyclic) bond motifs is 2. The Morgan fingerprint density at radius 3 is 2.04 bits per heavy atom. The fourth-order valence-electron chi connectivity index (χ4n) is 3.76. The molecule has 0 spiro atoms. The zero-order chi connectivity index (χ0) is 17.4. The molecule has 3 nitrogen and oxygen atoms in total. The van der Waals surface area contributed by atoms with Gasteiger partial charge < -0.3 is 5.11 Å². The Hall–Kier alpha value is -2.04. The molecule has 128 valence electrons. The lowest BCUT2D eigenvalue weighted by Gasteiger charge is -2.34. The summed E-state index contributed by atoms with van der Waals surface area (Å²) in [6, 6.07) is 16.8. The molecule has 4 rings (SSSR count). The minimum Gasteiger partial charge on any atom is -0.480 e. The van der Waals surface area contributed by atoms with Gasteiger partial charge in [0.05, 0.1) is 0 Å². The van der Waals surface area contributed by atoms with Crippen LogP contribution in [-0.4, -0.2) is 35.1 Å². The molecule has 0 aliphatic carbocycles. The molecule has 0 radical (unpaired) electrons. The maximum Gasteiger partial charge on any atom is 0.320 e. The van der Waals surface area contributed by atoms with Crippen LogP contribution in [0.2, 0.25) is 0 Å². The summed E-state index contributed by atoms with van der Waals surface area (Å²) >= 11 is 1.84. The van der Waals surface area contributed by atoms with Crippen molar-refractivity contribution in [3.8, 4) is 0 Å². The van der Waals surface area contributed by atoms with Crippen molar-refractivity contribution in [2.24, 2.45) is 0 Å². The number of piperidine rings is 1. The first-order chi connectivity index (χ1) is 12.1. The Labute approximate surface area is 152 Å². The van der Waals surface area contributed by atoms with Crippen molar-refractivity contribution in [1.82, 2.24) is 4.90 Å². The molecule has 25 heavy (non-hydrogen) atoms. The molecule has 4 heteroatoms. The fraction of sp³-hybridized carbons (Fsp3) is 0.286. The minimum atomic E-state index is -0.735. The second-order valence-electron chi connectivity index (χ2n) is 6.62. The standard InChI is InChI=1S/C21H21NO2S/c1-14(21(23)24)22-12-10-15(11-13-22)20-16-6-2-4-8-18(16)25-19-9-5-3-7-17(19)20/h2-9,14H,10-13H2,1H3,(H,23,24). The third kappa shape index (κ3) is 3.00. The van der Waals surface area contributed by atoms with Gasteiger partial charge in [0.1, 0.15) is 6.04 Å². The average molecular weight is 351 g/mol. The summed E-state index contributed by atoms with van der Waals surface area (Å²) in [6.45, 7) is 3.40. The molecule has 0 aromatic heterocycles. The summed E-state index contributed by atoms with van der Waals surface area (Å²) in [6.07, 6.45) is 1.86. The van der Waals surface area contributed by atoms with E-state index >= 15 is 0 Å². The van der Waals surface area contributed by atoms with Gasteiger partial charge in [-0.3, -0.25) is 9.69 Å². The quantitative estimate of drug-likeness (QED) is 0.737. The van der Waals surface area contributed by atoms with Crippen molar-refractivity contribution in [1.29, 1.82) is 0 Å². The number of carboxylic acid groups (broad SMARTS) is 1. The van der Waals surface area contributed by atoms with E-state index in [0.29, 0.717) is 0 Å². The van der Waals surface area contributed by atoms with Crippen LogP contribution < -0.4 is 0 Å². The Kier molecular flexibility index (Phi) is 4.40. The Bertz CT molecular complexity index is 801. The molecule has 2 aliphatic heterocycles. The molecule has 1 fully saturated rings. The third-order valence-electron chi connectivity index (χ3n) is 5.19. The molecule has 1 unspecified atom stereocenters.